The number of aromatic nitrogens is 4. The summed E-state index contributed by atoms with van der Waals surface area (Å²) in [5.74, 6) is 1.73. The fourth-order valence-electron chi connectivity index (χ4n) is 2.90. The monoisotopic (exact) mass is 298 g/mol. The number of nitrogens with zero attached hydrogens (tertiary/aromatic N) is 6. The zero-order valence-electron chi connectivity index (χ0n) is 13.4. The molecule has 3 heterocycles. The molecular weight excluding hydrogens is 276 g/mol. The van der Waals surface area contributed by atoms with Gasteiger partial charge in [0.1, 0.15) is 11.6 Å². The van der Waals surface area contributed by atoms with E-state index in [0.717, 1.165) is 42.5 Å². The highest BCUT2D eigenvalue weighted by Gasteiger charge is 2.28. The molecule has 1 saturated heterocycles. The molecule has 0 aromatic carbocycles. The van der Waals surface area contributed by atoms with E-state index >= 15 is 0 Å². The molecule has 0 amide bonds. The van der Waals surface area contributed by atoms with Crippen LogP contribution >= 0.6 is 0 Å². The average Bonchev–Trinajstić information content (AvgIpc) is 2.95. The molecule has 0 aliphatic carbocycles. The molecule has 0 spiro atoms. The van der Waals surface area contributed by atoms with E-state index in [4.69, 9.17) is 4.98 Å². The Kier molecular flexibility index (Phi) is 4.29. The second-order valence-electron chi connectivity index (χ2n) is 5.92. The molecule has 3 rings (SSSR count). The maximum absolute atomic E-state index is 4.75. The minimum absolute atomic E-state index is 0.322. The van der Waals surface area contributed by atoms with Gasteiger partial charge < -0.3 is 4.90 Å². The van der Waals surface area contributed by atoms with E-state index in [0.29, 0.717) is 6.04 Å². The Morgan fingerprint density at radius 3 is 2.91 bits per heavy atom. The average molecular weight is 298 g/mol. The van der Waals surface area contributed by atoms with Crippen molar-refractivity contribution in [2.45, 2.75) is 32.4 Å². The fourth-order valence-corrected chi connectivity index (χ4v) is 2.90. The lowest BCUT2D eigenvalue weighted by Gasteiger charge is -2.24. The largest absolute Gasteiger partial charge is 0.361 e. The lowest BCUT2D eigenvalue weighted by atomic mass is 10.1. The van der Waals surface area contributed by atoms with Crippen molar-refractivity contribution in [1.82, 2.24) is 24.8 Å². The molecule has 1 aliphatic rings. The number of rotatable bonds is 4. The van der Waals surface area contributed by atoms with Gasteiger partial charge in [-0.1, -0.05) is 0 Å². The van der Waals surface area contributed by atoms with Gasteiger partial charge in [-0.25, -0.2) is 15.0 Å². The molecule has 0 saturated carbocycles. The first-order chi connectivity index (χ1) is 10.6. The Bertz CT molecular complexity index is 642. The Hall–Kier alpha value is -2.08. The van der Waals surface area contributed by atoms with Crippen molar-refractivity contribution in [2.24, 2.45) is 0 Å². The first-order valence-electron chi connectivity index (χ1n) is 7.65. The van der Waals surface area contributed by atoms with Crippen LogP contribution < -0.4 is 4.90 Å². The van der Waals surface area contributed by atoms with Crippen molar-refractivity contribution < 1.29 is 0 Å². The van der Waals surface area contributed by atoms with Gasteiger partial charge in [0, 0.05) is 26.8 Å². The van der Waals surface area contributed by atoms with Crippen molar-refractivity contribution >= 4 is 5.82 Å². The number of hydrogen-bond acceptors (Lipinski definition) is 6. The molecule has 1 atom stereocenters. The molecule has 0 radical (unpaired) electrons. The van der Waals surface area contributed by atoms with Crippen LogP contribution in [0.15, 0.2) is 24.7 Å². The first-order valence-corrected chi connectivity index (χ1v) is 7.65. The minimum Gasteiger partial charge on any atom is -0.361 e. The Morgan fingerprint density at radius 2 is 2.14 bits per heavy atom. The van der Waals surface area contributed by atoms with E-state index in [9.17, 15) is 0 Å². The van der Waals surface area contributed by atoms with Crippen molar-refractivity contribution in [2.75, 3.05) is 25.5 Å². The lowest BCUT2D eigenvalue weighted by molar-refractivity contribution is 0.241. The summed E-state index contributed by atoms with van der Waals surface area (Å²) in [6.45, 7) is 3.83. The van der Waals surface area contributed by atoms with Crippen LogP contribution in [0, 0.1) is 6.92 Å². The molecule has 1 aliphatic heterocycles. The molecule has 1 unspecified atom stereocenters. The van der Waals surface area contributed by atoms with Gasteiger partial charge in [-0.15, -0.1) is 0 Å². The van der Waals surface area contributed by atoms with Crippen LogP contribution in [0.5, 0.6) is 0 Å². The van der Waals surface area contributed by atoms with Gasteiger partial charge in [0.15, 0.2) is 0 Å². The SMILES string of the molecule is Cc1nccc(CN2CCCC2c2cncc(N(C)C)n2)n1. The number of hydrogen-bond donors (Lipinski definition) is 0. The third-order valence-electron chi connectivity index (χ3n) is 4.00. The Morgan fingerprint density at radius 1 is 1.27 bits per heavy atom. The Balaban J connectivity index is 1.79. The summed E-state index contributed by atoms with van der Waals surface area (Å²) in [4.78, 5) is 22.2. The van der Waals surface area contributed by atoms with Gasteiger partial charge in [0.2, 0.25) is 0 Å². The zero-order valence-corrected chi connectivity index (χ0v) is 13.4. The second-order valence-corrected chi connectivity index (χ2v) is 5.92. The molecule has 2 aromatic rings. The third-order valence-corrected chi connectivity index (χ3v) is 4.00. The molecule has 1 fully saturated rings. The van der Waals surface area contributed by atoms with E-state index in [1.807, 2.05) is 44.4 Å². The zero-order chi connectivity index (χ0) is 15.5. The van der Waals surface area contributed by atoms with Crippen LogP contribution in [-0.4, -0.2) is 45.5 Å². The normalized spacial score (nSPS) is 18.6. The summed E-state index contributed by atoms with van der Waals surface area (Å²) in [5.41, 5.74) is 2.12. The van der Waals surface area contributed by atoms with Gasteiger partial charge in [0.25, 0.3) is 0 Å². The first kappa shape index (κ1) is 14.8. The van der Waals surface area contributed by atoms with Crippen LogP contribution in [0.4, 0.5) is 5.82 Å². The van der Waals surface area contributed by atoms with Crippen molar-refractivity contribution in [3.05, 3.63) is 41.9 Å². The van der Waals surface area contributed by atoms with Gasteiger partial charge in [-0.3, -0.25) is 9.88 Å². The van der Waals surface area contributed by atoms with E-state index < -0.39 is 0 Å². The molecule has 0 bridgehead atoms. The maximum Gasteiger partial charge on any atom is 0.146 e. The quantitative estimate of drug-likeness (QED) is 0.860. The third kappa shape index (κ3) is 3.22. The van der Waals surface area contributed by atoms with Crippen molar-refractivity contribution in [1.29, 1.82) is 0 Å². The maximum atomic E-state index is 4.75. The second kappa shape index (κ2) is 6.36. The highest BCUT2D eigenvalue weighted by atomic mass is 15.2. The molecule has 2 aromatic heterocycles. The van der Waals surface area contributed by atoms with Crippen LogP contribution in [0.1, 0.15) is 36.1 Å². The summed E-state index contributed by atoms with van der Waals surface area (Å²) in [7, 11) is 3.98. The van der Waals surface area contributed by atoms with Crippen molar-refractivity contribution in [3.63, 3.8) is 0 Å². The molecule has 6 heteroatoms. The van der Waals surface area contributed by atoms with Crippen LogP contribution in [0.2, 0.25) is 0 Å². The highest BCUT2D eigenvalue weighted by molar-refractivity contribution is 5.34. The summed E-state index contributed by atoms with van der Waals surface area (Å²) in [6, 6.07) is 2.31. The summed E-state index contributed by atoms with van der Waals surface area (Å²) >= 11 is 0. The molecule has 22 heavy (non-hydrogen) atoms. The van der Waals surface area contributed by atoms with Crippen molar-refractivity contribution in [3.8, 4) is 0 Å². The summed E-state index contributed by atoms with van der Waals surface area (Å²) < 4.78 is 0. The lowest BCUT2D eigenvalue weighted by Crippen LogP contribution is -2.25. The topological polar surface area (TPSA) is 58.0 Å². The summed E-state index contributed by atoms with van der Waals surface area (Å²) in [5, 5.41) is 0. The fraction of sp³-hybridized carbons (Fsp3) is 0.500. The van der Waals surface area contributed by atoms with Gasteiger partial charge in [-0.05, 0) is 32.4 Å². The predicted octanol–water partition coefficient (Wildman–Crippen LogP) is 1.98. The van der Waals surface area contributed by atoms with Gasteiger partial charge >= 0.3 is 0 Å². The highest BCUT2D eigenvalue weighted by Crippen LogP contribution is 2.32. The van der Waals surface area contributed by atoms with Crippen LogP contribution in [-0.2, 0) is 6.54 Å². The molecular formula is C16H22N6. The molecule has 0 N–H and O–H groups in total. The number of anilines is 1. The van der Waals surface area contributed by atoms with Gasteiger partial charge in [-0.2, -0.15) is 0 Å². The van der Waals surface area contributed by atoms with E-state index in [-0.39, 0.29) is 0 Å². The molecule has 6 nitrogen and oxygen atoms in total. The Labute approximate surface area is 131 Å². The van der Waals surface area contributed by atoms with Crippen LogP contribution in [0.3, 0.4) is 0 Å². The summed E-state index contributed by atoms with van der Waals surface area (Å²) in [6.07, 6.45) is 7.82. The van der Waals surface area contributed by atoms with Crippen LogP contribution in [0.25, 0.3) is 0 Å². The smallest absolute Gasteiger partial charge is 0.146 e. The van der Waals surface area contributed by atoms with E-state index in [1.165, 1.54) is 6.42 Å². The standard InChI is InChI=1S/C16H22N6/c1-12-18-7-6-13(19-12)11-22-8-4-5-15(22)14-9-17-10-16(20-14)21(2)3/h6-7,9-10,15H,4-5,8,11H2,1-3H3. The number of aryl methyl sites for hydroxylation is 1. The van der Waals surface area contributed by atoms with E-state index in [1.54, 1.807) is 6.20 Å². The number of likely N-dealkylation sites (tertiary alicyclic amines) is 1. The molecule has 116 valence electrons. The van der Waals surface area contributed by atoms with Gasteiger partial charge in [0.05, 0.1) is 29.8 Å². The minimum atomic E-state index is 0.322. The van der Waals surface area contributed by atoms with E-state index in [2.05, 4.69) is 19.9 Å². The predicted molar refractivity (Wildman–Crippen MR) is 85.5 cm³/mol.